The molecule has 2 heterocycles. The van der Waals surface area contributed by atoms with Crippen molar-refractivity contribution in [2.24, 2.45) is 0 Å². The van der Waals surface area contributed by atoms with Crippen molar-refractivity contribution in [2.45, 2.75) is 0 Å². The molecule has 0 unspecified atom stereocenters. The van der Waals surface area contributed by atoms with Crippen LogP contribution < -0.4 is 0 Å². The minimum Gasteiger partial charge on any atom is -0.455 e. The Hall–Kier alpha value is -8.72. The van der Waals surface area contributed by atoms with Gasteiger partial charge in [-0.25, -0.2) is 0 Å². The van der Waals surface area contributed by atoms with Crippen molar-refractivity contribution in [3.05, 3.63) is 237 Å². The first-order valence-corrected chi connectivity index (χ1v) is 22.8. The molecule has 12 aromatic carbocycles. The van der Waals surface area contributed by atoms with Gasteiger partial charge in [-0.1, -0.05) is 200 Å². The van der Waals surface area contributed by atoms with Gasteiger partial charge in [-0.2, -0.15) is 0 Å². The Morgan fingerprint density at radius 2 is 0.667 bits per heavy atom. The summed E-state index contributed by atoms with van der Waals surface area (Å²) >= 11 is 0. The molecule has 0 spiro atoms. The van der Waals surface area contributed by atoms with Gasteiger partial charge in [0.15, 0.2) is 0 Å². The lowest BCUT2D eigenvalue weighted by molar-refractivity contribution is 0.670. The van der Waals surface area contributed by atoms with Crippen LogP contribution in [0.15, 0.2) is 241 Å². The lowest BCUT2D eigenvalue weighted by Crippen LogP contribution is -1.95. The number of rotatable bonds is 5. The van der Waals surface area contributed by atoms with Gasteiger partial charge >= 0.3 is 0 Å². The van der Waals surface area contributed by atoms with Gasteiger partial charge < -0.3 is 8.98 Å². The van der Waals surface area contributed by atoms with Crippen molar-refractivity contribution in [3.63, 3.8) is 0 Å². The fourth-order valence-corrected chi connectivity index (χ4v) is 11.2. The van der Waals surface area contributed by atoms with Crippen LogP contribution in [-0.2, 0) is 0 Å². The second-order valence-electron chi connectivity index (χ2n) is 17.5. The molecule has 0 saturated carbocycles. The Kier molecular flexibility index (Phi) is 8.02. The summed E-state index contributed by atoms with van der Waals surface area (Å²) in [6.45, 7) is 0. The summed E-state index contributed by atoms with van der Waals surface area (Å²) < 4.78 is 9.40. The highest BCUT2D eigenvalue weighted by atomic mass is 16.3. The molecule has 14 aromatic rings. The molecule has 0 bridgehead atoms. The first-order chi connectivity index (χ1) is 32.8. The number of benzene rings is 12. The highest BCUT2D eigenvalue weighted by Gasteiger charge is 2.22. The van der Waals surface area contributed by atoms with Crippen molar-refractivity contribution in [1.82, 2.24) is 4.57 Å². The number of furan rings is 1. The van der Waals surface area contributed by atoms with Crippen LogP contribution in [0.25, 0.3) is 137 Å². The molecule has 0 saturated heterocycles. The molecule has 2 aromatic heterocycles. The number of fused-ring (bicyclic) bond motifs is 10. The van der Waals surface area contributed by atoms with Gasteiger partial charge in [0.1, 0.15) is 11.2 Å². The third-order valence-corrected chi connectivity index (χ3v) is 14.0. The molecule has 66 heavy (non-hydrogen) atoms. The lowest BCUT2D eigenvalue weighted by Gasteiger charge is -2.18. The molecule has 0 aliphatic rings. The van der Waals surface area contributed by atoms with Gasteiger partial charge in [0.2, 0.25) is 0 Å². The van der Waals surface area contributed by atoms with Crippen molar-refractivity contribution in [1.29, 1.82) is 0 Å². The molecular formula is C64H39NO. The van der Waals surface area contributed by atoms with E-state index >= 15 is 0 Å². The van der Waals surface area contributed by atoms with Crippen molar-refractivity contribution in [3.8, 4) is 50.2 Å². The van der Waals surface area contributed by atoms with E-state index in [0.717, 1.165) is 38.8 Å². The van der Waals surface area contributed by atoms with Crippen LogP contribution in [0.5, 0.6) is 0 Å². The minimum absolute atomic E-state index is 0.878. The third-order valence-electron chi connectivity index (χ3n) is 14.0. The van der Waals surface area contributed by atoms with E-state index in [1.807, 2.05) is 0 Å². The normalized spacial score (nSPS) is 11.9. The minimum atomic E-state index is 0.878. The van der Waals surface area contributed by atoms with E-state index in [9.17, 15) is 0 Å². The largest absolute Gasteiger partial charge is 0.455 e. The van der Waals surface area contributed by atoms with Crippen molar-refractivity contribution in [2.75, 3.05) is 0 Å². The Bertz CT molecular complexity index is 4120. The average molecular weight is 838 g/mol. The predicted molar refractivity (Wildman–Crippen MR) is 280 cm³/mol. The summed E-state index contributed by atoms with van der Waals surface area (Å²) in [6.07, 6.45) is 0. The summed E-state index contributed by atoms with van der Waals surface area (Å²) in [4.78, 5) is 0. The van der Waals surface area contributed by atoms with Crippen LogP contribution in [0.1, 0.15) is 0 Å². The van der Waals surface area contributed by atoms with Gasteiger partial charge in [-0.15, -0.1) is 0 Å². The zero-order valence-corrected chi connectivity index (χ0v) is 35.9. The van der Waals surface area contributed by atoms with Crippen LogP contribution in [0.3, 0.4) is 0 Å². The fraction of sp³-hybridized carbons (Fsp3) is 0. The second kappa shape index (κ2) is 14.4. The van der Waals surface area contributed by atoms with Crippen LogP contribution in [0, 0.1) is 0 Å². The lowest BCUT2D eigenvalue weighted by atomic mass is 9.85. The Balaban J connectivity index is 0.972. The number of hydrogen-bond acceptors (Lipinski definition) is 1. The zero-order valence-electron chi connectivity index (χ0n) is 35.9. The van der Waals surface area contributed by atoms with E-state index in [1.165, 1.54) is 98.3 Å². The maximum absolute atomic E-state index is 6.99. The number of nitrogens with zero attached hydrogens (tertiary/aromatic N) is 1. The molecule has 0 aliphatic heterocycles. The molecule has 0 aliphatic carbocycles. The third kappa shape index (κ3) is 5.36. The van der Waals surface area contributed by atoms with Crippen molar-refractivity contribution >= 4 is 86.8 Å². The molecule has 306 valence electrons. The molecule has 14 rings (SSSR count). The van der Waals surface area contributed by atoms with E-state index in [-0.39, 0.29) is 0 Å². The van der Waals surface area contributed by atoms with Gasteiger partial charge in [0.25, 0.3) is 0 Å². The average Bonchev–Trinajstić information content (AvgIpc) is 3.93. The Morgan fingerprint density at radius 1 is 0.258 bits per heavy atom. The molecule has 0 N–H and O–H groups in total. The molecule has 0 radical (unpaired) electrons. The molecular weight excluding hydrogens is 799 g/mol. The standard InChI is InChI=1S/C64H39NO/c1-2-18-40(19-3-1)60-50-28-8-10-30-52(50)63(53-31-11-9-29-51(53)60)55-33-17-32-54-56-39-42(36-37-59(56)66-64(54)55)62-48-26-6-4-24-46(48)61(47-25-5-7-27-49(47)62)41-20-16-21-43(38-41)65-57-34-14-12-22-44(57)45-23-13-15-35-58(45)65/h1-39H. The molecule has 2 heteroatoms. The van der Waals surface area contributed by atoms with Gasteiger partial charge in [-0.05, 0) is 113 Å². The zero-order chi connectivity index (χ0) is 43.3. The molecule has 0 atom stereocenters. The molecule has 2 nitrogen and oxygen atoms in total. The summed E-state index contributed by atoms with van der Waals surface area (Å²) in [7, 11) is 0. The highest BCUT2D eigenvalue weighted by molar-refractivity contribution is 6.26. The smallest absolute Gasteiger partial charge is 0.143 e. The van der Waals surface area contributed by atoms with Gasteiger partial charge in [0, 0.05) is 38.4 Å². The van der Waals surface area contributed by atoms with E-state index < -0.39 is 0 Å². The molecule has 0 fully saturated rings. The Morgan fingerprint density at radius 3 is 1.21 bits per heavy atom. The van der Waals surface area contributed by atoms with E-state index in [4.69, 9.17) is 4.42 Å². The predicted octanol–water partition coefficient (Wildman–Crippen LogP) is 18.0. The van der Waals surface area contributed by atoms with Crippen LogP contribution in [0.4, 0.5) is 0 Å². The van der Waals surface area contributed by atoms with E-state index in [2.05, 4.69) is 241 Å². The maximum atomic E-state index is 6.99. The maximum Gasteiger partial charge on any atom is 0.143 e. The topological polar surface area (TPSA) is 18.1 Å². The fourth-order valence-electron chi connectivity index (χ4n) is 11.2. The van der Waals surface area contributed by atoms with E-state index in [1.54, 1.807) is 0 Å². The highest BCUT2D eigenvalue weighted by Crippen LogP contribution is 2.49. The molecule has 0 amide bonds. The van der Waals surface area contributed by atoms with E-state index in [0.29, 0.717) is 0 Å². The first kappa shape index (κ1) is 36.7. The van der Waals surface area contributed by atoms with Crippen LogP contribution in [0.2, 0.25) is 0 Å². The summed E-state index contributed by atoms with van der Waals surface area (Å²) in [5.41, 5.74) is 14.9. The summed E-state index contributed by atoms with van der Waals surface area (Å²) in [5, 5.41) is 14.5. The number of aromatic nitrogens is 1. The first-order valence-electron chi connectivity index (χ1n) is 22.8. The quantitative estimate of drug-likeness (QED) is 0.158. The van der Waals surface area contributed by atoms with Gasteiger partial charge in [-0.3, -0.25) is 0 Å². The van der Waals surface area contributed by atoms with Crippen molar-refractivity contribution < 1.29 is 4.42 Å². The number of para-hydroxylation sites is 3. The summed E-state index contributed by atoms with van der Waals surface area (Å²) in [5.74, 6) is 0. The van der Waals surface area contributed by atoms with Crippen LogP contribution in [-0.4, -0.2) is 4.57 Å². The number of hydrogen-bond donors (Lipinski definition) is 0. The monoisotopic (exact) mass is 837 g/mol. The second-order valence-corrected chi connectivity index (χ2v) is 17.5. The SMILES string of the molecule is c1ccc(-c2c3ccccc3c(-c3cccc4c3oc3ccc(-c5c6ccccc6c(-c6cccc(-n7c8ccccc8c8ccccc87)c6)c6ccccc56)cc34)c3ccccc23)cc1. The summed E-state index contributed by atoms with van der Waals surface area (Å²) in [6, 6.07) is 86.3. The Labute approximate surface area is 380 Å². The van der Waals surface area contributed by atoms with Crippen LogP contribution >= 0.6 is 0 Å². The van der Waals surface area contributed by atoms with Gasteiger partial charge in [0.05, 0.1) is 11.0 Å².